The minimum Gasteiger partial charge on any atom is -0.497 e. The normalized spacial score (nSPS) is 11.3. The van der Waals surface area contributed by atoms with Crippen LogP contribution < -0.4 is 10.1 Å². The largest absolute Gasteiger partial charge is 0.497 e. The monoisotopic (exact) mass is 392 g/mol. The Bertz CT molecular complexity index is 949. The van der Waals surface area contributed by atoms with E-state index >= 15 is 0 Å². The van der Waals surface area contributed by atoms with Crippen molar-refractivity contribution >= 4 is 22.9 Å². The second kappa shape index (κ2) is 7.40. The number of rotatable bonds is 4. The van der Waals surface area contributed by atoms with Gasteiger partial charge in [-0.3, -0.25) is 4.79 Å². The number of methoxy groups -OCH3 is 1. The van der Waals surface area contributed by atoms with Crippen molar-refractivity contribution in [1.82, 2.24) is 4.98 Å². The zero-order valence-corrected chi connectivity index (χ0v) is 15.2. The third kappa shape index (κ3) is 4.28. The van der Waals surface area contributed by atoms with Gasteiger partial charge in [0.25, 0.3) is 5.91 Å². The summed E-state index contributed by atoms with van der Waals surface area (Å²) in [5, 5.41) is 3.26. The van der Waals surface area contributed by atoms with E-state index in [0.717, 1.165) is 23.5 Å². The van der Waals surface area contributed by atoms with Crippen molar-refractivity contribution in [3.63, 3.8) is 0 Å². The lowest BCUT2D eigenvalue weighted by Crippen LogP contribution is -2.11. The van der Waals surface area contributed by atoms with E-state index in [1.54, 1.807) is 38.3 Å². The van der Waals surface area contributed by atoms with E-state index in [0.29, 0.717) is 32.6 Å². The number of aryl methyl sites for hydroxylation is 1. The van der Waals surface area contributed by atoms with E-state index in [1.807, 2.05) is 0 Å². The van der Waals surface area contributed by atoms with E-state index < -0.39 is 11.7 Å². The van der Waals surface area contributed by atoms with Crippen molar-refractivity contribution in [3.05, 3.63) is 64.7 Å². The molecule has 0 aliphatic heterocycles. The first-order chi connectivity index (χ1) is 12.8. The number of ether oxygens (including phenoxy) is 1. The number of hydrogen-bond donors (Lipinski definition) is 1. The average molecular weight is 392 g/mol. The third-order valence-electron chi connectivity index (χ3n) is 3.81. The summed E-state index contributed by atoms with van der Waals surface area (Å²) in [7, 11) is 1.55. The summed E-state index contributed by atoms with van der Waals surface area (Å²) in [5.74, 6) is 0.347. The van der Waals surface area contributed by atoms with Gasteiger partial charge in [0.1, 0.15) is 15.6 Å². The Morgan fingerprint density at radius 3 is 2.26 bits per heavy atom. The molecule has 0 aliphatic carbocycles. The number of nitrogens with one attached hydrogen (secondary N) is 1. The topological polar surface area (TPSA) is 51.2 Å². The Kier molecular flexibility index (Phi) is 5.18. The molecule has 1 aromatic heterocycles. The van der Waals surface area contributed by atoms with Gasteiger partial charge in [-0.15, -0.1) is 11.3 Å². The minimum atomic E-state index is -4.39. The van der Waals surface area contributed by atoms with Gasteiger partial charge in [-0.1, -0.05) is 12.1 Å². The van der Waals surface area contributed by atoms with E-state index in [1.165, 1.54) is 12.1 Å². The van der Waals surface area contributed by atoms with Gasteiger partial charge < -0.3 is 10.1 Å². The molecule has 1 heterocycles. The molecule has 0 atom stereocenters. The van der Waals surface area contributed by atoms with Crippen LogP contribution in [0.25, 0.3) is 10.6 Å². The molecule has 2 aromatic carbocycles. The van der Waals surface area contributed by atoms with Crippen molar-refractivity contribution in [2.75, 3.05) is 12.4 Å². The highest BCUT2D eigenvalue weighted by molar-refractivity contribution is 7.17. The first kappa shape index (κ1) is 18.9. The van der Waals surface area contributed by atoms with Gasteiger partial charge in [0, 0.05) is 11.3 Å². The summed E-state index contributed by atoms with van der Waals surface area (Å²) in [5.41, 5.74) is 0.919. The van der Waals surface area contributed by atoms with Crippen LogP contribution >= 0.6 is 11.3 Å². The fourth-order valence-electron chi connectivity index (χ4n) is 2.39. The zero-order chi connectivity index (χ0) is 19.6. The van der Waals surface area contributed by atoms with E-state index in [2.05, 4.69) is 10.3 Å². The number of carbonyl (C=O) groups is 1. The fraction of sp³-hybridized carbons (Fsp3) is 0.158. The van der Waals surface area contributed by atoms with Gasteiger partial charge in [0.05, 0.1) is 18.4 Å². The Labute approximate surface area is 157 Å². The number of alkyl halides is 3. The van der Waals surface area contributed by atoms with Crippen LogP contribution in [0, 0.1) is 6.92 Å². The van der Waals surface area contributed by atoms with Gasteiger partial charge in [-0.2, -0.15) is 13.2 Å². The molecule has 0 spiro atoms. The molecular weight excluding hydrogens is 377 g/mol. The summed E-state index contributed by atoms with van der Waals surface area (Å²) in [4.78, 5) is 17.2. The number of amides is 1. The molecule has 0 aliphatic rings. The Morgan fingerprint density at radius 1 is 1.07 bits per heavy atom. The van der Waals surface area contributed by atoms with E-state index in [4.69, 9.17) is 4.74 Å². The van der Waals surface area contributed by atoms with Crippen LogP contribution in [0.15, 0.2) is 48.5 Å². The minimum absolute atomic E-state index is 0.326. The van der Waals surface area contributed by atoms with E-state index in [-0.39, 0.29) is 5.91 Å². The standard InChI is InChI=1S/C19H15F3N2O2S/c1-11-16(17(25)24-14-7-9-15(26-2)10-8-14)27-18(23-11)12-3-5-13(6-4-12)19(20,21)22/h3-10H,1-2H3,(H,24,25). The molecule has 0 saturated carbocycles. The van der Waals surface area contributed by atoms with Crippen molar-refractivity contribution in [2.45, 2.75) is 13.1 Å². The van der Waals surface area contributed by atoms with Crippen LogP contribution in [0.5, 0.6) is 5.75 Å². The molecule has 3 aromatic rings. The highest BCUT2D eigenvalue weighted by Gasteiger charge is 2.30. The zero-order valence-electron chi connectivity index (χ0n) is 14.4. The molecule has 0 unspecified atom stereocenters. The maximum Gasteiger partial charge on any atom is 0.416 e. The van der Waals surface area contributed by atoms with Crippen LogP contribution in [-0.4, -0.2) is 18.0 Å². The van der Waals surface area contributed by atoms with Crippen LogP contribution in [-0.2, 0) is 6.18 Å². The van der Waals surface area contributed by atoms with Gasteiger partial charge in [-0.05, 0) is 43.3 Å². The molecule has 27 heavy (non-hydrogen) atoms. The molecule has 4 nitrogen and oxygen atoms in total. The van der Waals surface area contributed by atoms with Gasteiger partial charge in [0.2, 0.25) is 0 Å². The summed E-state index contributed by atoms with van der Waals surface area (Å²) in [6.45, 7) is 1.69. The number of thiazole rings is 1. The quantitative estimate of drug-likeness (QED) is 0.647. The highest BCUT2D eigenvalue weighted by Crippen LogP contribution is 2.33. The highest BCUT2D eigenvalue weighted by atomic mass is 32.1. The molecule has 140 valence electrons. The van der Waals surface area contributed by atoms with Crippen molar-refractivity contribution in [3.8, 4) is 16.3 Å². The molecule has 8 heteroatoms. The molecule has 1 amide bonds. The number of hydrogen-bond acceptors (Lipinski definition) is 4. The van der Waals surface area contributed by atoms with Crippen LogP contribution in [0.3, 0.4) is 0 Å². The first-order valence-corrected chi connectivity index (χ1v) is 8.70. The molecular formula is C19H15F3N2O2S. The first-order valence-electron chi connectivity index (χ1n) is 7.88. The number of aromatic nitrogens is 1. The lowest BCUT2D eigenvalue weighted by molar-refractivity contribution is -0.137. The molecule has 0 radical (unpaired) electrons. The smallest absolute Gasteiger partial charge is 0.416 e. The molecule has 3 rings (SSSR count). The lowest BCUT2D eigenvalue weighted by atomic mass is 10.1. The number of halogens is 3. The van der Waals surface area contributed by atoms with Gasteiger partial charge >= 0.3 is 6.18 Å². The van der Waals surface area contributed by atoms with E-state index in [9.17, 15) is 18.0 Å². The molecule has 1 N–H and O–H groups in total. The fourth-order valence-corrected chi connectivity index (χ4v) is 3.36. The molecule has 0 bridgehead atoms. The molecule has 0 saturated heterocycles. The average Bonchev–Trinajstić information content (AvgIpc) is 3.03. The Hall–Kier alpha value is -2.87. The van der Waals surface area contributed by atoms with Crippen LogP contribution in [0.2, 0.25) is 0 Å². The SMILES string of the molecule is COc1ccc(NC(=O)c2sc(-c3ccc(C(F)(F)F)cc3)nc2C)cc1. The van der Waals surface area contributed by atoms with Gasteiger partial charge in [0.15, 0.2) is 0 Å². The number of nitrogens with zero attached hydrogens (tertiary/aromatic N) is 1. The molecule has 0 fully saturated rings. The Balaban J connectivity index is 1.80. The summed E-state index contributed by atoms with van der Waals surface area (Å²) < 4.78 is 43.1. The van der Waals surface area contributed by atoms with Crippen molar-refractivity contribution < 1.29 is 22.7 Å². The summed E-state index contributed by atoms with van der Waals surface area (Å²) >= 11 is 1.13. The summed E-state index contributed by atoms with van der Waals surface area (Å²) in [6.07, 6.45) is -4.39. The summed E-state index contributed by atoms with van der Waals surface area (Å²) in [6, 6.07) is 11.6. The Morgan fingerprint density at radius 2 is 1.70 bits per heavy atom. The number of anilines is 1. The van der Waals surface area contributed by atoms with Crippen molar-refractivity contribution in [2.24, 2.45) is 0 Å². The predicted octanol–water partition coefficient (Wildman–Crippen LogP) is 5.40. The number of carbonyl (C=O) groups excluding carboxylic acids is 1. The second-order valence-corrected chi connectivity index (χ2v) is 6.69. The lowest BCUT2D eigenvalue weighted by Gasteiger charge is -2.06. The maximum atomic E-state index is 12.7. The van der Waals surface area contributed by atoms with Crippen molar-refractivity contribution in [1.29, 1.82) is 0 Å². The predicted molar refractivity (Wildman–Crippen MR) is 98.2 cm³/mol. The van der Waals surface area contributed by atoms with Gasteiger partial charge in [-0.25, -0.2) is 4.98 Å². The maximum absolute atomic E-state index is 12.7. The number of benzene rings is 2. The van der Waals surface area contributed by atoms with Crippen LogP contribution in [0.4, 0.5) is 18.9 Å². The second-order valence-electron chi connectivity index (χ2n) is 5.69. The van der Waals surface area contributed by atoms with Crippen LogP contribution in [0.1, 0.15) is 20.9 Å². The third-order valence-corrected chi connectivity index (χ3v) is 5.02.